The Morgan fingerprint density at radius 3 is 2.75 bits per heavy atom. The quantitative estimate of drug-likeness (QED) is 0.743. The number of fused-ring (bicyclic) bond motifs is 1. The van der Waals surface area contributed by atoms with Crippen molar-refractivity contribution in [2.75, 3.05) is 17.2 Å². The van der Waals surface area contributed by atoms with Crippen LogP contribution in [0.1, 0.15) is 5.56 Å². The molecule has 0 aromatic heterocycles. The number of hydrogen-bond acceptors (Lipinski definition) is 3. The van der Waals surface area contributed by atoms with Crippen LogP contribution in [0.3, 0.4) is 0 Å². The second kappa shape index (κ2) is 4.63. The maximum Gasteiger partial charge on any atom is 0.416 e. The first kappa shape index (κ1) is 13.7. The standard InChI is InChI=1S/C12H9F3N2OS2/c13-12(14,15)7-2-1-3-8(6-7)17-9(18)10-16(11(17)19)4-5-20-10/h1-3,6,10H,4-5H2/t10-/m1/s1. The van der Waals surface area contributed by atoms with Crippen molar-refractivity contribution < 1.29 is 18.0 Å². The highest BCUT2D eigenvalue weighted by Gasteiger charge is 2.46. The minimum Gasteiger partial charge on any atom is -0.327 e. The van der Waals surface area contributed by atoms with Crippen LogP contribution < -0.4 is 4.90 Å². The second-order valence-corrected chi connectivity index (χ2v) is 5.97. The molecule has 0 aliphatic carbocycles. The number of thioether (sulfide) groups is 1. The van der Waals surface area contributed by atoms with Gasteiger partial charge in [0.15, 0.2) is 10.5 Å². The topological polar surface area (TPSA) is 23.6 Å². The van der Waals surface area contributed by atoms with E-state index in [0.717, 1.165) is 17.9 Å². The summed E-state index contributed by atoms with van der Waals surface area (Å²) >= 11 is 6.67. The molecule has 0 saturated carbocycles. The predicted octanol–water partition coefficient (Wildman–Crippen LogP) is 2.71. The van der Waals surface area contributed by atoms with Gasteiger partial charge >= 0.3 is 6.18 Å². The molecule has 8 heteroatoms. The summed E-state index contributed by atoms with van der Waals surface area (Å²) in [6, 6.07) is 4.68. The molecule has 1 aromatic rings. The molecule has 0 bridgehead atoms. The van der Waals surface area contributed by atoms with E-state index in [-0.39, 0.29) is 16.7 Å². The Balaban J connectivity index is 1.98. The van der Waals surface area contributed by atoms with Crippen LogP contribution in [-0.2, 0) is 11.0 Å². The summed E-state index contributed by atoms with van der Waals surface area (Å²) in [6.45, 7) is 0.648. The molecule has 2 fully saturated rings. The molecule has 3 rings (SSSR count). The summed E-state index contributed by atoms with van der Waals surface area (Å²) in [5.74, 6) is 0.532. The van der Waals surface area contributed by atoms with Crippen molar-refractivity contribution in [2.24, 2.45) is 0 Å². The van der Waals surface area contributed by atoms with Crippen LogP contribution in [-0.4, -0.2) is 33.6 Å². The van der Waals surface area contributed by atoms with Gasteiger partial charge in [-0.1, -0.05) is 6.07 Å². The first-order valence-electron chi connectivity index (χ1n) is 5.83. The Labute approximate surface area is 122 Å². The third kappa shape index (κ3) is 2.07. The molecule has 0 radical (unpaired) electrons. The number of anilines is 1. The van der Waals surface area contributed by atoms with Crippen LogP contribution in [0.5, 0.6) is 0 Å². The van der Waals surface area contributed by atoms with E-state index in [1.54, 1.807) is 4.90 Å². The molecule has 2 saturated heterocycles. The van der Waals surface area contributed by atoms with E-state index in [0.29, 0.717) is 6.54 Å². The summed E-state index contributed by atoms with van der Waals surface area (Å²) in [5.41, 5.74) is -0.616. The van der Waals surface area contributed by atoms with Gasteiger partial charge in [0.2, 0.25) is 0 Å². The van der Waals surface area contributed by atoms with Crippen molar-refractivity contribution in [3.63, 3.8) is 0 Å². The highest BCUT2D eigenvalue weighted by atomic mass is 32.2. The molecule has 20 heavy (non-hydrogen) atoms. The van der Waals surface area contributed by atoms with Gasteiger partial charge in [0, 0.05) is 12.3 Å². The first-order valence-corrected chi connectivity index (χ1v) is 7.29. The number of rotatable bonds is 1. The Morgan fingerprint density at radius 2 is 2.10 bits per heavy atom. The smallest absolute Gasteiger partial charge is 0.327 e. The van der Waals surface area contributed by atoms with Crippen molar-refractivity contribution in [1.29, 1.82) is 0 Å². The first-order chi connectivity index (χ1) is 9.39. The second-order valence-electron chi connectivity index (χ2n) is 4.42. The Morgan fingerprint density at radius 1 is 1.35 bits per heavy atom. The number of amides is 1. The van der Waals surface area contributed by atoms with E-state index in [1.165, 1.54) is 28.8 Å². The lowest BCUT2D eigenvalue weighted by atomic mass is 10.2. The fourth-order valence-corrected chi connectivity index (χ4v) is 3.88. The average molecular weight is 318 g/mol. The van der Waals surface area contributed by atoms with Crippen molar-refractivity contribution in [3.05, 3.63) is 29.8 Å². The van der Waals surface area contributed by atoms with Crippen LogP contribution in [0, 0.1) is 0 Å². The average Bonchev–Trinajstić information content (AvgIpc) is 2.94. The van der Waals surface area contributed by atoms with Crippen LogP contribution >= 0.6 is 24.0 Å². The normalized spacial score (nSPS) is 22.6. The fourth-order valence-electron chi connectivity index (χ4n) is 2.26. The lowest BCUT2D eigenvalue weighted by Gasteiger charge is -2.19. The zero-order valence-electron chi connectivity index (χ0n) is 10.1. The maximum atomic E-state index is 12.7. The molecule has 3 nitrogen and oxygen atoms in total. The molecule has 2 aliphatic heterocycles. The van der Waals surface area contributed by atoms with Crippen LogP contribution in [0.25, 0.3) is 0 Å². The lowest BCUT2D eigenvalue weighted by molar-refractivity contribution is -0.137. The van der Waals surface area contributed by atoms with E-state index in [1.807, 2.05) is 0 Å². The molecular weight excluding hydrogens is 309 g/mol. The third-order valence-electron chi connectivity index (χ3n) is 3.19. The van der Waals surface area contributed by atoms with Gasteiger partial charge in [0.05, 0.1) is 11.3 Å². The third-order valence-corrected chi connectivity index (χ3v) is 4.80. The molecule has 2 heterocycles. The molecular formula is C12H9F3N2OS2. The van der Waals surface area contributed by atoms with E-state index < -0.39 is 17.1 Å². The lowest BCUT2D eigenvalue weighted by Crippen LogP contribution is -2.33. The van der Waals surface area contributed by atoms with Gasteiger partial charge in [0.1, 0.15) is 0 Å². The zero-order valence-corrected chi connectivity index (χ0v) is 11.7. The molecule has 1 aromatic carbocycles. The van der Waals surface area contributed by atoms with Gasteiger partial charge in [0.25, 0.3) is 5.91 Å². The summed E-state index contributed by atoms with van der Waals surface area (Å²) < 4.78 is 38.2. The molecule has 106 valence electrons. The van der Waals surface area contributed by atoms with Gasteiger partial charge in [-0.15, -0.1) is 11.8 Å². The molecule has 1 atom stereocenters. The van der Waals surface area contributed by atoms with E-state index in [4.69, 9.17) is 12.2 Å². The minimum absolute atomic E-state index is 0.171. The Kier molecular flexibility index (Phi) is 3.17. The summed E-state index contributed by atoms with van der Waals surface area (Å²) in [7, 11) is 0. The van der Waals surface area contributed by atoms with Gasteiger partial charge < -0.3 is 4.90 Å². The molecule has 0 spiro atoms. The number of carbonyl (C=O) groups excluding carboxylic acids is 1. The van der Waals surface area contributed by atoms with Gasteiger partial charge in [-0.05, 0) is 30.4 Å². The number of hydrogen-bond donors (Lipinski definition) is 0. The Hall–Kier alpha value is -1.28. The predicted molar refractivity (Wildman–Crippen MR) is 74.5 cm³/mol. The summed E-state index contributed by atoms with van der Waals surface area (Å²) in [6.07, 6.45) is -4.44. The van der Waals surface area contributed by atoms with Crippen LogP contribution in [0.15, 0.2) is 24.3 Å². The number of thiocarbonyl (C=S) groups is 1. The van der Waals surface area contributed by atoms with Crippen LogP contribution in [0.2, 0.25) is 0 Å². The largest absolute Gasteiger partial charge is 0.416 e. The number of benzene rings is 1. The van der Waals surface area contributed by atoms with Gasteiger partial charge in [-0.25, -0.2) is 0 Å². The summed E-state index contributed by atoms with van der Waals surface area (Å²) in [4.78, 5) is 15.2. The SMILES string of the molecule is O=C1[C@H]2SCCN2C(=S)N1c1cccc(C(F)(F)F)c1. The summed E-state index contributed by atoms with van der Waals surface area (Å²) in [5, 5.41) is -0.110. The Bertz CT molecular complexity index is 568. The fraction of sp³-hybridized carbons (Fsp3) is 0.333. The highest BCUT2D eigenvalue weighted by Crippen LogP contribution is 2.37. The van der Waals surface area contributed by atoms with Gasteiger partial charge in [-0.3, -0.25) is 9.69 Å². The van der Waals surface area contributed by atoms with Crippen LogP contribution in [0.4, 0.5) is 18.9 Å². The van der Waals surface area contributed by atoms with Crippen molar-refractivity contribution in [2.45, 2.75) is 11.6 Å². The number of halogens is 3. The van der Waals surface area contributed by atoms with E-state index in [2.05, 4.69) is 0 Å². The highest BCUT2D eigenvalue weighted by molar-refractivity contribution is 8.01. The molecule has 1 amide bonds. The maximum absolute atomic E-state index is 12.7. The molecule has 0 N–H and O–H groups in total. The minimum atomic E-state index is -4.44. The van der Waals surface area contributed by atoms with E-state index in [9.17, 15) is 18.0 Å². The monoisotopic (exact) mass is 318 g/mol. The number of nitrogens with zero attached hydrogens (tertiary/aromatic N) is 2. The number of carbonyl (C=O) groups is 1. The van der Waals surface area contributed by atoms with Crippen molar-refractivity contribution in [1.82, 2.24) is 4.90 Å². The van der Waals surface area contributed by atoms with Gasteiger partial charge in [-0.2, -0.15) is 13.2 Å². The molecule has 0 unspecified atom stereocenters. The molecule has 2 aliphatic rings. The zero-order chi connectivity index (χ0) is 14.5. The van der Waals surface area contributed by atoms with Crippen molar-refractivity contribution >= 4 is 40.7 Å². The van der Waals surface area contributed by atoms with Crippen molar-refractivity contribution in [3.8, 4) is 0 Å². The van der Waals surface area contributed by atoms with E-state index >= 15 is 0 Å². The number of alkyl halides is 3.